The zero-order chi connectivity index (χ0) is 16.2. The van der Waals surface area contributed by atoms with Gasteiger partial charge in [0.1, 0.15) is 0 Å². The van der Waals surface area contributed by atoms with Crippen LogP contribution in [0.25, 0.3) is 11.0 Å². The number of carbonyl (C=O) groups excluding carboxylic acids is 1. The Kier molecular flexibility index (Phi) is 4.34. The second kappa shape index (κ2) is 6.58. The number of aromatic nitrogens is 3. The summed E-state index contributed by atoms with van der Waals surface area (Å²) >= 11 is 0. The van der Waals surface area contributed by atoms with Crippen molar-refractivity contribution >= 4 is 16.9 Å². The summed E-state index contributed by atoms with van der Waals surface area (Å²) in [7, 11) is 0. The van der Waals surface area contributed by atoms with Crippen molar-refractivity contribution in [3.8, 4) is 0 Å². The van der Waals surface area contributed by atoms with Crippen LogP contribution in [0.3, 0.4) is 0 Å². The standard InChI is InChI=1S/C17H19N5O/c1-2-11-5-3-4-6-14(11)15(18)10-20-17(23)13-7-12-9-21-22-16(12)19-8-13/h3-9,15H,2,10,18H2,1H3,(H,20,23)(H,19,21,22). The van der Waals surface area contributed by atoms with Gasteiger partial charge in [-0.05, 0) is 23.6 Å². The SMILES string of the molecule is CCc1ccccc1C(N)CNC(=O)c1cnc2[nH]ncc2c1. The van der Waals surface area contributed by atoms with E-state index in [-0.39, 0.29) is 11.9 Å². The van der Waals surface area contributed by atoms with Gasteiger partial charge in [0.15, 0.2) is 5.65 Å². The first-order valence-corrected chi connectivity index (χ1v) is 7.59. The molecule has 0 saturated heterocycles. The third kappa shape index (κ3) is 3.22. The molecule has 118 valence electrons. The van der Waals surface area contributed by atoms with Crippen molar-refractivity contribution < 1.29 is 4.79 Å². The molecule has 0 aliphatic rings. The van der Waals surface area contributed by atoms with Gasteiger partial charge < -0.3 is 11.1 Å². The van der Waals surface area contributed by atoms with Crippen LogP contribution in [-0.2, 0) is 6.42 Å². The van der Waals surface area contributed by atoms with Crippen LogP contribution in [0.15, 0.2) is 42.7 Å². The number of hydrogen-bond donors (Lipinski definition) is 3. The molecule has 4 N–H and O–H groups in total. The number of fused-ring (bicyclic) bond motifs is 1. The van der Waals surface area contributed by atoms with Crippen molar-refractivity contribution in [3.05, 3.63) is 59.4 Å². The molecule has 0 bridgehead atoms. The van der Waals surface area contributed by atoms with Crippen LogP contribution < -0.4 is 11.1 Å². The van der Waals surface area contributed by atoms with E-state index in [9.17, 15) is 4.79 Å². The molecule has 0 aliphatic heterocycles. The summed E-state index contributed by atoms with van der Waals surface area (Å²) in [4.78, 5) is 16.4. The summed E-state index contributed by atoms with van der Waals surface area (Å²) in [5, 5.41) is 10.3. The van der Waals surface area contributed by atoms with E-state index in [1.807, 2.05) is 18.2 Å². The van der Waals surface area contributed by atoms with Gasteiger partial charge in [0.05, 0.1) is 11.8 Å². The fraction of sp³-hybridized carbons (Fsp3) is 0.235. The molecular weight excluding hydrogens is 290 g/mol. The van der Waals surface area contributed by atoms with Crippen LogP contribution in [0.4, 0.5) is 0 Å². The zero-order valence-electron chi connectivity index (χ0n) is 12.9. The molecular formula is C17H19N5O. The molecule has 0 radical (unpaired) electrons. The summed E-state index contributed by atoms with van der Waals surface area (Å²) < 4.78 is 0. The first kappa shape index (κ1) is 15.2. The van der Waals surface area contributed by atoms with Gasteiger partial charge in [0.2, 0.25) is 0 Å². The van der Waals surface area contributed by atoms with Gasteiger partial charge in [0.25, 0.3) is 5.91 Å². The van der Waals surface area contributed by atoms with Gasteiger partial charge in [-0.1, -0.05) is 31.2 Å². The third-order valence-electron chi connectivity index (χ3n) is 3.87. The second-order valence-corrected chi connectivity index (χ2v) is 5.40. The van der Waals surface area contributed by atoms with Crippen LogP contribution in [0.2, 0.25) is 0 Å². The number of aromatic amines is 1. The molecule has 0 aliphatic carbocycles. The Balaban J connectivity index is 1.68. The second-order valence-electron chi connectivity index (χ2n) is 5.40. The first-order chi connectivity index (χ1) is 11.2. The maximum Gasteiger partial charge on any atom is 0.252 e. The molecule has 2 aromatic heterocycles. The lowest BCUT2D eigenvalue weighted by atomic mass is 9.99. The molecule has 0 spiro atoms. The molecule has 0 saturated carbocycles. The van der Waals surface area contributed by atoms with Gasteiger partial charge in [-0.3, -0.25) is 9.89 Å². The molecule has 6 nitrogen and oxygen atoms in total. The summed E-state index contributed by atoms with van der Waals surface area (Å²) in [6.07, 6.45) is 4.09. The highest BCUT2D eigenvalue weighted by Crippen LogP contribution is 2.16. The predicted molar refractivity (Wildman–Crippen MR) is 89.0 cm³/mol. The van der Waals surface area contributed by atoms with Crippen molar-refractivity contribution in [2.75, 3.05) is 6.54 Å². The van der Waals surface area contributed by atoms with Crippen molar-refractivity contribution in [1.29, 1.82) is 0 Å². The molecule has 1 aromatic carbocycles. The van der Waals surface area contributed by atoms with E-state index in [1.54, 1.807) is 12.3 Å². The minimum absolute atomic E-state index is 0.190. The quantitative estimate of drug-likeness (QED) is 0.671. The zero-order valence-corrected chi connectivity index (χ0v) is 12.9. The molecule has 6 heteroatoms. The number of hydrogen-bond acceptors (Lipinski definition) is 4. The van der Waals surface area contributed by atoms with Crippen molar-refractivity contribution in [1.82, 2.24) is 20.5 Å². The number of carbonyl (C=O) groups is 1. The van der Waals surface area contributed by atoms with Gasteiger partial charge in [0, 0.05) is 24.2 Å². The van der Waals surface area contributed by atoms with E-state index in [1.165, 1.54) is 11.8 Å². The molecule has 3 aromatic rings. The normalized spacial score (nSPS) is 12.3. The van der Waals surface area contributed by atoms with Crippen molar-refractivity contribution in [2.45, 2.75) is 19.4 Å². The summed E-state index contributed by atoms with van der Waals surface area (Å²) in [6.45, 7) is 2.47. The van der Waals surface area contributed by atoms with E-state index in [2.05, 4.69) is 33.5 Å². The van der Waals surface area contributed by atoms with E-state index in [0.29, 0.717) is 17.8 Å². The van der Waals surface area contributed by atoms with E-state index in [4.69, 9.17) is 5.73 Å². The number of aryl methyl sites for hydroxylation is 1. The fourth-order valence-electron chi connectivity index (χ4n) is 2.59. The Morgan fingerprint density at radius 2 is 2.17 bits per heavy atom. The largest absolute Gasteiger partial charge is 0.350 e. The average Bonchev–Trinajstić information content (AvgIpc) is 3.06. The number of nitrogens with two attached hydrogens (primary N) is 1. The van der Waals surface area contributed by atoms with Crippen molar-refractivity contribution in [2.24, 2.45) is 5.73 Å². The van der Waals surface area contributed by atoms with Crippen LogP contribution in [-0.4, -0.2) is 27.6 Å². The van der Waals surface area contributed by atoms with Gasteiger partial charge in [-0.2, -0.15) is 5.10 Å². The highest BCUT2D eigenvalue weighted by Gasteiger charge is 2.13. The van der Waals surface area contributed by atoms with Gasteiger partial charge in [-0.15, -0.1) is 0 Å². The van der Waals surface area contributed by atoms with Crippen LogP contribution in [0, 0.1) is 0 Å². The summed E-state index contributed by atoms with van der Waals surface area (Å²) in [5.41, 5.74) is 9.66. The number of pyridine rings is 1. The molecule has 1 atom stereocenters. The molecule has 1 amide bonds. The highest BCUT2D eigenvalue weighted by atomic mass is 16.1. The monoisotopic (exact) mass is 309 g/mol. The van der Waals surface area contributed by atoms with Gasteiger partial charge >= 0.3 is 0 Å². The summed E-state index contributed by atoms with van der Waals surface area (Å²) in [5.74, 6) is -0.190. The maximum atomic E-state index is 12.3. The lowest BCUT2D eigenvalue weighted by molar-refractivity contribution is 0.0951. The van der Waals surface area contributed by atoms with Crippen LogP contribution >= 0.6 is 0 Å². The van der Waals surface area contributed by atoms with Crippen LogP contribution in [0.1, 0.15) is 34.5 Å². The Morgan fingerprint density at radius 1 is 1.35 bits per heavy atom. The highest BCUT2D eigenvalue weighted by molar-refractivity contribution is 5.96. The number of nitrogens with one attached hydrogen (secondary N) is 2. The van der Waals surface area contributed by atoms with E-state index < -0.39 is 0 Å². The fourth-order valence-corrected chi connectivity index (χ4v) is 2.59. The Labute approximate surface area is 134 Å². The Morgan fingerprint density at radius 3 is 3.00 bits per heavy atom. The minimum atomic E-state index is -0.235. The number of H-pyrrole nitrogens is 1. The lowest BCUT2D eigenvalue weighted by Gasteiger charge is -2.16. The lowest BCUT2D eigenvalue weighted by Crippen LogP contribution is -2.32. The Hall–Kier alpha value is -2.73. The van der Waals surface area contributed by atoms with Gasteiger partial charge in [-0.25, -0.2) is 4.98 Å². The average molecular weight is 309 g/mol. The predicted octanol–water partition coefficient (Wildman–Crippen LogP) is 1.95. The van der Waals surface area contributed by atoms with E-state index >= 15 is 0 Å². The van der Waals surface area contributed by atoms with E-state index in [0.717, 1.165) is 17.4 Å². The van der Waals surface area contributed by atoms with Crippen molar-refractivity contribution in [3.63, 3.8) is 0 Å². The summed E-state index contributed by atoms with van der Waals surface area (Å²) in [6, 6.07) is 9.56. The third-order valence-corrected chi connectivity index (χ3v) is 3.87. The number of amides is 1. The number of rotatable bonds is 5. The number of benzene rings is 1. The smallest absolute Gasteiger partial charge is 0.252 e. The first-order valence-electron chi connectivity index (χ1n) is 7.59. The Bertz CT molecular complexity index is 826. The molecule has 2 heterocycles. The molecule has 23 heavy (non-hydrogen) atoms. The minimum Gasteiger partial charge on any atom is -0.350 e. The maximum absolute atomic E-state index is 12.3. The molecule has 3 rings (SSSR count). The molecule has 0 fully saturated rings. The topological polar surface area (TPSA) is 96.7 Å². The number of nitrogens with zero attached hydrogens (tertiary/aromatic N) is 2. The van der Waals surface area contributed by atoms with Crippen LogP contribution in [0.5, 0.6) is 0 Å². The molecule has 1 unspecified atom stereocenters.